The number of hydrogen-bond acceptors (Lipinski definition) is 4. The van der Waals surface area contributed by atoms with Gasteiger partial charge in [0.05, 0.1) is 17.8 Å². The molecule has 0 amide bonds. The van der Waals surface area contributed by atoms with Crippen molar-refractivity contribution in [3.8, 4) is 0 Å². The Morgan fingerprint density at radius 1 is 1.73 bits per heavy atom. The molecular formula is C6H10N4O. The van der Waals surface area contributed by atoms with E-state index in [1.54, 1.807) is 6.20 Å². The largest absolute Gasteiger partial charge is 0.393 e. The second kappa shape index (κ2) is 2.02. The minimum Gasteiger partial charge on any atom is -0.393 e. The summed E-state index contributed by atoms with van der Waals surface area (Å²) in [5.74, 6) is 0. The highest BCUT2D eigenvalue weighted by Crippen LogP contribution is 2.37. The third-order valence-corrected chi connectivity index (χ3v) is 2.12. The van der Waals surface area contributed by atoms with E-state index >= 15 is 0 Å². The minimum atomic E-state index is -0.438. The van der Waals surface area contributed by atoms with Gasteiger partial charge in [-0.25, -0.2) is 0 Å². The van der Waals surface area contributed by atoms with Crippen LogP contribution in [0.5, 0.6) is 0 Å². The van der Waals surface area contributed by atoms with Crippen LogP contribution in [0.4, 0.5) is 0 Å². The molecule has 0 spiro atoms. The second-order valence-electron chi connectivity index (χ2n) is 3.07. The predicted molar refractivity (Wildman–Crippen MR) is 37.5 cm³/mol. The molecule has 1 heterocycles. The van der Waals surface area contributed by atoms with E-state index in [0.29, 0.717) is 12.8 Å². The molecule has 5 nitrogen and oxygen atoms in total. The highest BCUT2D eigenvalue weighted by Gasteiger charge is 2.43. The normalized spacial score (nSPS) is 36.7. The highest BCUT2D eigenvalue weighted by atomic mass is 16.3. The van der Waals surface area contributed by atoms with Crippen LogP contribution < -0.4 is 5.73 Å². The maximum Gasteiger partial charge on any atom is 0.102 e. The summed E-state index contributed by atoms with van der Waals surface area (Å²) in [6, 6.07) is 0. The predicted octanol–water partition coefficient (Wildman–Crippen LogP) is -0.887. The Morgan fingerprint density at radius 3 is 2.91 bits per heavy atom. The summed E-state index contributed by atoms with van der Waals surface area (Å²) in [5.41, 5.74) is 6.18. The van der Waals surface area contributed by atoms with Gasteiger partial charge in [-0.05, 0) is 12.8 Å². The number of aromatic nitrogens is 3. The molecule has 1 fully saturated rings. The van der Waals surface area contributed by atoms with Crippen LogP contribution in [-0.2, 0) is 5.54 Å². The molecule has 0 bridgehead atoms. The van der Waals surface area contributed by atoms with Crippen molar-refractivity contribution in [2.75, 3.05) is 0 Å². The third kappa shape index (κ3) is 0.928. The zero-order valence-corrected chi connectivity index (χ0v) is 5.99. The van der Waals surface area contributed by atoms with Crippen molar-refractivity contribution in [1.29, 1.82) is 0 Å². The van der Waals surface area contributed by atoms with Gasteiger partial charge >= 0.3 is 0 Å². The molecule has 2 rings (SSSR count). The molecule has 0 aromatic carbocycles. The summed E-state index contributed by atoms with van der Waals surface area (Å²) in [6.45, 7) is 0. The number of nitrogens with one attached hydrogen (secondary N) is 1. The summed E-state index contributed by atoms with van der Waals surface area (Å²) < 4.78 is 0. The van der Waals surface area contributed by atoms with E-state index in [1.807, 2.05) is 0 Å². The summed E-state index contributed by atoms with van der Waals surface area (Å²) >= 11 is 0. The quantitative estimate of drug-likeness (QED) is 0.490. The van der Waals surface area contributed by atoms with E-state index in [-0.39, 0.29) is 6.10 Å². The number of hydrogen-bond donors (Lipinski definition) is 3. The summed E-state index contributed by atoms with van der Waals surface area (Å²) in [5, 5.41) is 19.1. The first-order valence-corrected chi connectivity index (χ1v) is 3.54. The fourth-order valence-corrected chi connectivity index (χ4v) is 1.43. The van der Waals surface area contributed by atoms with Crippen LogP contribution in [0.25, 0.3) is 0 Å². The number of aliphatic hydroxyl groups excluding tert-OH is 1. The molecule has 1 aromatic rings. The molecular weight excluding hydrogens is 144 g/mol. The number of aromatic amines is 1. The molecule has 0 atom stereocenters. The first-order chi connectivity index (χ1) is 5.21. The van der Waals surface area contributed by atoms with E-state index in [4.69, 9.17) is 10.8 Å². The SMILES string of the molecule is NC1(c2cn[nH]n2)CC(O)C1. The Hall–Kier alpha value is -0.940. The van der Waals surface area contributed by atoms with Crippen molar-refractivity contribution in [2.45, 2.75) is 24.5 Å². The second-order valence-corrected chi connectivity index (χ2v) is 3.07. The van der Waals surface area contributed by atoms with Crippen LogP contribution in [0, 0.1) is 0 Å². The average Bonchev–Trinajstić information content (AvgIpc) is 2.34. The number of nitrogens with zero attached hydrogens (tertiary/aromatic N) is 2. The van der Waals surface area contributed by atoms with Crippen molar-refractivity contribution >= 4 is 0 Å². The standard InChI is InChI=1S/C6H10N4O/c7-6(1-4(11)2-6)5-3-8-10-9-5/h3-4,11H,1-2,7H2,(H,8,9,10). The lowest BCUT2D eigenvalue weighted by Gasteiger charge is -2.40. The van der Waals surface area contributed by atoms with Crippen molar-refractivity contribution in [3.63, 3.8) is 0 Å². The fraction of sp³-hybridized carbons (Fsp3) is 0.667. The van der Waals surface area contributed by atoms with Crippen molar-refractivity contribution < 1.29 is 5.11 Å². The first-order valence-electron chi connectivity index (χ1n) is 3.54. The lowest BCUT2D eigenvalue weighted by atomic mass is 9.73. The van der Waals surface area contributed by atoms with Gasteiger partial charge in [-0.2, -0.15) is 15.4 Å². The molecule has 1 aromatic heterocycles. The Labute approximate surface area is 63.6 Å². The van der Waals surface area contributed by atoms with Gasteiger partial charge in [0.2, 0.25) is 0 Å². The number of nitrogens with two attached hydrogens (primary N) is 1. The zero-order valence-electron chi connectivity index (χ0n) is 5.99. The van der Waals surface area contributed by atoms with E-state index in [1.165, 1.54) is 0 Å². The molecule has 0 unspecified atom stereocenters. The van der Waals surface area contributed by atoms with Crippen LogP contribution in [0.1, 0.15) is 18.5 Å². The Bertz CT molecular complexity index is 239. The monoisotopic (exact) mass is 154 g/mol. The van der Waals surface area contributed by atoms with Gasteiger partial charge in [0, 0.05) is 0 Å². The van der Waals surface area contributed by atoms with E-state index in [9.17, 15) is 0 Å². The van der Waals surface area contributed by atoms with Gasteiger partial charge in [-0.15, -0.1) is 0 Å². The molecule has 60 valence electrons. The van der Waals surface area contributed by atoms with Crippen LogP contribution in [0.3, 0.4) is 0 Å². The maximum absolute atomic E-state index is 9.04. The molecule has 5 heteroatoms. The molecule has 0 saturated heterocycles. The smallest absolute Gasteiger partial charge is 0.102 e. The maximum atomic E-state index is 9.04. The van der Waals surface area contributed by atoms with Gasteiger partial charge in [0.15, 0.2) is 0 Å². The van der Waals surface area contributed by atoms with E-state index in [0.717, 1.165) is 5.69 Å². The van der Waals surface area contributed by atoms with Gasteiger partial charge in [0.1, 0.15) is 5.69 Å². The third-order valence-electron chi connectivity index (χ3n) is 2.12. The Morgan fingerprint density at radius 2 is 2.45 bits per heavy atom. The van der Waals surface area contributed by atoms with Crippen molar-refractivity contribution in [3.05, 3.63) is 11.9 Å². The van der Waals surface area contributed by atoms with Crippen LogP contribution in [0.15, 0.2) is 6.20 Å². The van der Waals surface area contributed by atoms with Gasteiger partial charge in [-0.1, -0.05) is 0 Å². The topological polar surface area (TPSA) is 87.8 Å². The van der Waals surface area contributed by atoms with Gasteiger partial charge in [0.25, 0.3) is 0 Å². The molecule has 1 aliphatic rings. The van der Waals surface area contributed by atoms with Gasteiger partial charge < -0.3 is 10.8 Å². The van der Waals surface area contributed by atoms with Crippen molar-refractivity contribution in [1.82, 2.24) is 15.4 Å². The zero-order chi connectivity index (χ0) is 7.90. The first kappa shape index (κ1) is 6.75. The molecule has 11 heavy (non-hydrogen) atoms. The van der Waals surface area contributed by atoms with E-state index < -0.39 is 5.54 Å². The highest BCUT2D eigenvalue weighted by molar-refractivity contribution is 5.15. The van der Waals surface area contributed by atoms with Gasteiger partial charge in [-0.3, -0.25) is 0 Å². The number of rotatable bonds is 1. The molecule has 1 aliphatic carbocycles. The molecule has 0 radical (unpaired) electrons. The minimum absolute atomic E-state index is 0.267. The molecule has 4 N–H and O–H groups in total. The lowest BCUT2D eigenvalue weighted by Crippen LogP contribution is -2.51. The fourth-order valence-electron chi connectivity index (χ4n) is 1.43. The van der Waals surface area contributed by atoms with Crippen LogP contribution in [-0.4, -0.2) is 26.6 Å². The Balaban J connectivity index is 2.18. The summed E-state index contributed by atoms with van der Waals surface area (Å²) in [6.07, 6.45) is 2.50. The van der Waals surface area contributed by atoms with Crippen LogP contribution in [0.2, 0.25) is 0 Å². The molecule has 1 saturated carbocycles. The number of H-pyrrole nitrogens is 1. The summed E-state index contributed by atoms with van der Waals surface area (Å²) in [7, 11) is 0. The Kier molecular flexibility index (Phi) is 1.24. The summed E-state index contributed by atoms with van der Waals surface area (Å²) in [4.78, 5) is 0. The lowest BCUT2D eigenvalue weighted by molar-refractivity contribution is 0.0188. The van der Waals surface area contributed by atoms with Crippen LogP contribution >= 0.6 is 0 Å². The number of aliphatic hydroxyl groups is 1. The van der Waals surface area contributed by atoms with E-state index in [2.05, 4.69) is 15.4 Å². The average molecular weight is 154 g/mol. The van der Waals surface area contributed by atoms with Crippen molar-refractivity contribution in [2.24, 2.45) is 5.73 Å². The molecule has 0 aliphatic heterocycles.